The average molecular weight is 401 g/mol. The largest absolute Gasteiger partial charge is 0.305 e. The van der Waals surface area contributed by atoms with Gasteiger partial charge in [0.15, 0.2) is 5.82 Å². The van der Waals surface area contributed by atoms with Crippen molar-refractivity contribution in [2.24, 2.45) is 0 Å². The van der Waals surface area contributed by atoms with Crippen molar-refractivity contribution >= 4 is 45.1 Å². The van der Waals surface area contributed by atoms with E-state index in [0.29, 0.717) is 16.5 Å². The van der Waals surface area contributed by atoms with Gasteiger partial charge in [-0.1, -0.05) is 35.4 Å². The highest BCUT2D eigenvalue weighted by Crippen LogP contribution is 2.27. The number of hydrogen-bond acceptors (Lipinski definition) is 4. The van der Waals surface area contributed by atoms with Crippen molar-refractivity contribution in [3.8, 4) is 6.07 Å². The van der Waals surface area contributed by atoms with E-state index in [1.54, 1.807) is 18.2 Å². The average Bonchev–Trinajstić information content (AvgIpc) is 2.70. The van der Waals surface area contributed by atoms with Crippen LogP contribution < -0.4 is 5.56 Å². The van der Waals surface area contributed by atoms with E-state index in [1.807, 2.05) is 45.0 Å². The maximum Gasteiger partial charge on any atom is 0.259 e. The van der Waals surface area contributed by atoms with Crippen molar-refractivity contribution < 1.29 is 0 Å². The highest BCUT2D eigenvalue weighted by atomic mass is 35.5. The van der Waals surface area contributed by atoms with E-state index in [4.69, 9.17) is 11.6 Å². The smallest absolute Gasteiger partial charge is 0.259 e. The first-order chi connectivity index (χ1) is 13.9. The van der Waals surface area contributed by atoms with Crippen LogP contribution in [-0.2, 0) is 0 Å². The number of fused-ring (bicyclic) bond motifs is 2. The lowest BCUT2D eigenvalue weighted by Gasteiger charge is -2.08. The molecule has 0 aliphatic carbocycles. The highest BCUT2D eigenvalue weighted by Gasteiger charge is 2.12. The zero-order chi connectivity index (χ0) is 20.7. The number of halogens is 1. The molecule has 0 amide bonds. The topological polar surface area (TPSA) is 82.4 Å². The van der Waals surface area contributed by atoms with E-state index in [2.05, 4.69) is 21.0 Å². The van der Waals surface area contributed by atoms with Gasteiger partial charge in [-0.2, -0.15) is 5.26 Å². The molecule has 0 fully saturated rings. The van der Waals surface area contributed by atoms with Crippen LogP contribution in [0.1, 0.15) is 28.1 Å². The van der Waals surface area contributed by atoms with E-state index >= 15 is 0 Å². The summed E-state index contributed by atoms with van der Waals surface area (Å²) < 4.78 is 0. The summed E-state index contributed by atoms with van der Waals surface area (Å²) >= 11 is 6.40. The SMILES string of the molecule is Cc1ccc2nc(/C(C#N)=C/c3cc4ccc(C)c(C)c4nc3Cl)[nH]c(=O)c2c1. The molecule has 4 rings (SSSR count). The lowest BCUT2D eigenvalue weighted by Crippen LogP contribution is -2.11. The Labute approximate surface area is 172 Å². The Morgan fingerprint density at radius 1 is 1.14 bits per heavy atom. The molecular formula is C23H17ClN4O. The van der Waals surface area contributed by atoms with Crippen LogP contribution in [0, 0.1) is 32.1 Å². The first-order valence-corrected chi connectivity index (χ1v) is 9.44. The van der Waals surface area contributed by atoms with Crippen LogP contribution >= 0.6 is 11.6 Å². The van der Waals surface area contributed by atoms with Crippen LogP contribution in [0.5, 0.6) is 0 Å². The second-order valence-corrected chi connectivity index (χ2v) is 7.41. The number of hydrogen-bond donors (Lipinski definition) is 1. The van der Waals surface area contributed by atoms with Crippen LogP contribution in [0.4, 0.5) is 0 Å². The number of nitrogens with zero attached hydrogens (tertiary/aromatic N) is 3. The van der Waals surface area contributed by atoms with Gasteiger partial charge in [0.2, 0.25) is 0 Å². The molecule has 0 unspecified atom stereocenters. The molecule has 29 heavy (non-hydrogen) atoms. The first-order valence-electron chi connectivity index (χ1n) is 9.06. The standard InChI is InChI=1S/C23H17ClN4O/c1-12-4-7-19-18(8-12)23(29)28-22(26-19)17(11-25)10-16-9-15-6-5-13(2)14(3)20(15)27-21(16)24/h4-10H,1-3H3,(H,26,28,29)/b17-10+. The molecule has 1 N–H and O–H groups in total. The fourth-order valence-corrected chi connectivity index (χ4v) is 3.46. The number of nitriles is 1. The van der Waals surface area contributed by atoms with Crippen LogP contribution in [0.3, 0.4) is 0 Å². The van der Waals surface area contributed by atoms with Crippen molar-refractivity contribution in [3.05, 3.63) is 80.0 Å². The van der Waals surface area contributed by atoms with Crippen molar-refractivity contribution in [2.45, 2.75) is 20.8 Å². The molecule has 0 spiro atoms. The molecule has 2 aromatic heterocycles. The third-order valence-corrected chi connectivity index (χ3v) is 5.33. The predicted molar refractivity (Wildman–Crippen MR) is 117 cm³/mol. The lowest BCUT2D eigenvalue weighted by molar-refractivity contribution is 1.13. The molecule has 0 saturated heterocycles. The minimum absolute atomic E-state index is 0.199. The molecule has 5 nitrogen and oxygen atoms in total. The number of H-pyrrole nitrogens is 1. The van der Waals surface area contributed by atoms with Gasteiger partial charge >= 0.3 is 0 Å². The minimum atomic E-state index is -0.288. The van der Waals surface area contributed by atoms with Gasteiger partial charge in [0, 0.05) is 10.9 Å². The number of pyridine rings is 1. The third-order valence-electron chi connectivity index (χ3n) is 5.03. The van der Waals surface area contributed by atoms with E-state index in [-0.39, 0.29) is 22.1 Å². The van der Waals surface area contributed by atoms with Crippen LogP contribution in [0.25, 0.3) is 33.5 Å². The van der Waals surface area contributed by atoms with Crippen molar-refractivity contribution in [3.63, 3.8) is 0 Å². The molecule has 0 bridgehead atoms. The Balaban J connectivity index is 1.89. The van der Waals surface area contributed by atoms with E-state index < -0.39 is 0 Å². The maximum atomic E-state index is 12.5. The second kappa shape index (κ2) is 7.16. The maximum absolute atomic E-state index is 12.5. The number of rotatable bonds is 2. The minimum Gasteiger partial charge on any atom is -0.305 e. The van der Waals surface area contributed by atoms with Crippen LogP contribution in [-0.4, -0.2) is 15.0 Å². The summed E-state index contributed by atoms with van der Waals surface area (Å²) in [5, 5.41) is 11.4. The molecule has 0 aliphatic heterocycles. The van der Waals surface area contributed by atoms with Gasteiger partial charge in [0.05, 0.1) is 22.0 Å². The van der Waals surface area contributed by atoms with Gasteiger partial charge in [-0.25, -0.2) is 9.97 Å². The molecule has 0 radical (unpaired) electrons. The summed E-state index contributed by atoms with van der Waals surface area (Å²) in [5.74, 6) is 0.199. The molecule has 4 aromatic rings. The zero-order valence-corrected chi connectivity index (χ0v) is 16.9. The molecule has 0 aliphatic rings. The van der Waals surface area contributed by atoms with Crippen LogP contribution in [0.2, 0.25) is 5.15 Å². The molecule has 142 valence electrons. The van der Waals surface area contributed by atoms with Crippen molar-refractivity contribution in [1.82, 2.24) is 15.0 Å². The monoisotopic (exact) mass is 400 g/mol. The first kappa shape index (κ1) is 18.9. The number of benzene rings is 2. The molecule has 0 saturated carbocycles. The summed E-state index contributed by atoms with van der Waals surface area (Å²) in [5.41, 5.74) is 5.04. The quantitative estimate of drug-likeness (QED) is 0.374. The molecule has 6 heteroatoms. The second-order valence-electron chi connectivity index (χ2n) is 7.05. The van der Waals surface area contributed by atoms with Crippen LogP contribution in [0.15, 0.2) is 41.2 Å². The van der Waals surface area contributed by atoms with Gasteiger partial charge in [-0.15, -0.1) is 0 Å². The van der Waals surface area contributed by atoms with Gasteiger partial charge in [-0.05, 0) is 56.2 Å². The Kier molecular flexibility index (Phi) is 4.65. The summed E-state index contributed by atoms with van der Waals surface area (Å²) in [6, 6.07) is 13.4. The molecular weight excluding hydrogens is 384 g/mol. The summed E-state index contributed by atoms with van der Waals surface area (Å²) in [4.78, 5) is 24.1. The highest BCUT2D eigenvalue weighted by molar-refractivity contribution is 6.31. The Morgan fingerprint density at radius 2 is 1.93 bits per heavy atom. The normalized spacial score (nSPS) is 11.8. The predicted octanol–water partition coefficient (Wildman–Crippen LogP) is 5.11. The van der Waals surface area contributed by atoms with E-state index in [9.17, 15) is 10.1 Å². The van der Waals surface area contributed by atoms with Gasteiger partial charge < -0.3 is 4.98 Å². The summed E-state index contributed by atoms with van der Waals surface area (Å²) in [6.45, 7) is 5.93. The van der Waals surface area contributed by atoms with Gasteiger partial charge in [-0.3, -0.25) is 4.79 Å². The third kappa shape index (κ3) is 3.39. The molecule has 2 heterocycles. The molecule has 0 atom stereocenters. The summed E-state index contributed by atoms with van der Waals surface area (Å²) in [6.07, 6.45) is 1.60. The fraction of sp³-hybridized carbons (Fsp3) is 0.130. The number of aromatic amines is 1. The van der Waals surface area contributed by atoms with E-state index in [1.165, 1.54) is 0 Å². The van der Waals surface area contributed by atoms with E-state index in [0.717, 1.165) is 27.6 Å². The lowest BCUT2D eigenvalue weighted by atomic mass is 10.0. The number of aryl methyl sites for hydroxylation is 3. The number of aromatic nitrogens is 3. The Morgan fingerprint density at radius 3 is 2.69 bits per heavy atom. The van der Waals surface area contributed by atoms with Gasteiger partial charge in [0.25, 0.3) is 5.56 Å². The number of allylic oxidation sites excluding steroid dienone is 1. The summed E-state index contributed by atoms with van der Waals surface area (Å²) in [7, 11) is 0. The van der Waals surface area contributed by atoms with Crippen molar-refractivity contribution in [2.75, 3.05) is 0 Å². The Bertz CT molecular complexity index is 1430. The van der Waals surface area contributed by atoms with Gasteiger partial charge in [0.1, 0.15) is 11.2 Å². The van der Waals surface area contributed by atoms with Crippen molar-refractivity contribution in [1.29, 1.82) is 5.26 Å². The molecule has 2 aromatic carbocycles. The fourth-order valence-electron chi connectivity index (χ4n) is 3.27. The Hall–Kier alpha value is -3.49. The zero-order valence-electron chi connectivity index (χ0n) is 16.2. The number of nitrogens with one attached hydrogen (secondary N) is 1.